The average molecular weight is 278 g/mol. The molecule has 2 rings (SSSR count). The van der Waals surface area contributed by atoms with E-state index >= 15 is 0 Å². The van der Waals surface area contributed by atoms with Crippen molar-refractivity contribution in [2.24, 2.45) is 11.7 Å². The van der Waals surface area contributed by atoms with Gasteiger partial charge in [0.25, 0.3) is 0 Å². The molecule has 1 saturated heterocycles. The van der Waals surface area contributed by atoms with Crippen molar-refractivity contribution in [1.82, 2.24) is 5.32 Å². The maximum atomic E-state index is 12.0. The number of hydrogen-bond acceptors (Lipinski definition) is 4. The lowest BCUT2D eigenvalue weighted by atomic mass is 9.98. The first-order valence-corrected chi connectivity index (χ1v) is 6.48. The SMILES string of the molecule is NC1COCC1C(=O)NCC(C(=O)O)c1ccccc1. The molecule has 3 unspecified atom stereocenters. The van der Waals surface area contributed by atoms with E-state index in [1.54, 1.807) is 24.3 Å². The fourth-order valence-electron chi connectivity index (χ4n) is 2.21. The summed E-state index contributed by atoms with van der Waals surface area (Å²) in [5.41, 5.74) is 6.41. The van der Waals surface area contributed by atoms with Crippen LogP contribution in [0.25, 0.3) is 0 Å². The Bertz CT molecular complexity index is 477. The Morgan fingerprint density at radius 3 is 2.60 bits per heavy atom. The zero-order valence-electron chi connectivity index (χ0n) is 11.0. The second kappa shape index (κ2) is 6.49. The number of ether oxygens (including phenoxy) is 1. The van der Waals surface area contributed by atoms with Crippen molar-refractivity contribution in [1.29, 1.82) is 0 Å². The van der Waals surface area contributed by atoms with Gasteiger partial charge in [-0.15, -0.1) is 0 Å². The van der Waals surface area contributed by atoms with Gasteiger partial charge in [0.2, 0.25) is 5.91 Å². The van der Waals surface area contributed by atoms with E-state index in [0.29, 0.717) is 12.2 Å². The molecule has 108 valence electrons. The molecule has 0 bridgehead atoms. The number of carbonyl (C=O) groups excluding carboxylic acids is 1. The molecule has 6 nitrogen and oxygen atoms in total. The minimum Gasteiger partial charge on any atom is -0.481 e. The molecule has 0 saturated carbocycles. The monoisotopic (exact) mass is 278 g/mol. The van der Waals surface area contributed by atoms with Crippen LogP contribution in [-0.4, -0.2) is 42.8 Å². The third kappa shape index (κ3) is 3.34. The lowest BCUT2D eigenvalue weighted by molar-refractivity contribution is -0.138. The average Bonchev–Trinajstić information content (AvgIpc) is 2.86. The number of carbonyl (C=O) groups is 2. The van der Waals surface area contributed by atoms with Crippen LogP contribution >= 0.6 is 0 Å². The highest BCUT2D eigenvalue weighted by Crippen LogP contribution is 2.16. The molecule has 6 heteroatoms. The summed E-state index contributed by atoms with van der Waals surface area (Å²) in [4.78, 5) is 23.2. The Labute approximate surface area is 116 Å². The molecule has 1 heterocycles. The largest absolute Gasteiger partial charge is 0.481 e. The summed E-state index contributed by atoms with van der Waals surface area (Å²) < 4.78 is 5.13. The number of rotatable bonds is 5. The highest BCUT2D eigenvalue weighted by Gasteiger charge is 2.32. The molecule has 1 aromatic carbocycles. The van der Waals surface area contributed by atoms with Crippen LogP contribution in [0.15, 0.2) is 30.3 Å². The summed E-state index contributed by atoms with van der Waals surface area (Å²) >= 11 is 0. The quantitative estimate of drug-likeness (QED) is 0.700. The number of carboxylic acids is 1. The molecule has 4 N–H and O–H groups in total. The van der Waals surface area contributed by atoms with E-state index in [9.17, 15) is 14.7 Å². The van der Waals surface area contributed by atoms with Gasteiger partial charge < -0.3 is 20.9 Å². The van der Waals surface area contributed by atoms with Crippen LogP contribution in [0.5, 0.6) is 0 Å². The fraction of sp³-hybridized carbons (Fsp3) is 0.429. The number of nitrogens with two attached hydrogens (primary N) is 1. The molecule has 1 fully saturated rings. The van der Waals surface area contributed by atoms with Crippen molar-refractivity contribution in [2.75, 3.05) is 19.8 Å². The van der Waals surface area contributed by atoms with Crippen LogP contribution in [0.3, 0.4) is 0 Å². The van der Waals surface area contributed by atoms with Crippen molar-refractivity contribution >= 4 is 11.9 Å². The maximum absolute atomic E-state index is 12.0. The molecule has 0 aliphatic carbocycles. The van der Waals surface area contributed by atoms with Crippen molar-refractivity contribution in [3.05, 3.63) is 35.9 Å². The number of carboxylic acid groups (broad SMARTS) is 1. The van der Waals surface area contributed by atoms with E-state index in [4.69, 9.17) is 10.5 Å². The molecular weight excluding hydrogens is 260 g/mol. The second-order valence-electron chi connectivity index (χ2n) is 4.85. The fourth-order valence-corrected chi connectivity index (χ4v) is 2.21. The standard InChI is InChI=1S/C14H18N2O4/c15-12-8-20-7-11(12)13(17)16-6-10(14(18)19)9-4-2-1-3-5-9/h1-5,10-12H,6-8,15H2,(H,16,17)(H,18,19). The van der Waals surface area contributed by atoms with Crippen LogP contribution in [-0.2, 0) is 14.3 Å². The molecule has 1 amide bonds. The maximum Gasteiger partial charge on any atom is 0.312 e. The molecule has 20 heavy (non-hydrogen) atoms. The molecule has 1 aliphatic rings. The molecule has 0 radical (unpaired) electrons. The first-order valence-electron chi connectivity index (χ1n) is 6.48. The van der Waals surface area contributed by atoms with Gasteiger partial charge in [0, 0.05) is 12.6 Å². The van der Waals surface area contributed by atoms with Crippen molar-refractivity contribution in [2.45, 2.75) is 12.0 Å². The summed E-state index contributed by atoms with van der Waals surface area (Å²) in [6.45, 7) is 0.691. The van der Waals surface area contributed by atoms with Gasteiger partial charge in [0.05, 0.1) is 25.0 Å². The van der Waals surface area contributed by atoms with Crippen LogP contribution in [0.2, 0.25) is 0 Å². The van der Waals surface area contributed by atoms with Gasteiger partial charge in [0.1, 0.15) is 0 Å². The molecule has 1 aliphatic heterocycles. The number of benzene rings is 1. The smallest absolute Gasteiger partial charge is 0.312 e. The Morgan fingerprint density at radius 2 is 2.05 bits per heavy atom. The molecular formula is C14H18N2O4. The van der Waals surface area contributed by atoms with Crippen molar-refractivity contribution in [3.8, 4) is 0 Å². The molecule has 0 aromatic heterocycles. The van der Waals surface area contributed by atoms with Gasteiger partial charge in [-0.3, -0.25) is 9.59 Å². The first-order chi connectivity index (χ1) is 9.59. The Kier molecular flexibility index (Phi) is 4.70. The highest BCUT2D eigenvalue weighted by atomic mass is 16.5. The number of amides is 1. The normalized spacial score (nSPS) is 23.2. The van der Waals surface area contributed by atoms with Crippen LogP contribution in [0.4, 0.5) is 0 Å². The molecule has 3 atom stereocenters. The van der Waals surface area contributed by atoms with Gasteiger partial charge in [-0.1, -0.05) is 30.3 Å². The topological polar surface area (TPSA) is 102 Å². The summed E-state index contributed by atoms with van der Waals surface area (Å²) in [5.74, 6) is -2.39. The lowest BCUT2D eigenvalue weighted by Crippen LogP contribution is -2.42. The van der Waals surface area contributed by atoms with Crippen molar-refractivity contribution < 1.29 is 19.4 Å². The minimum atomic E-state index is -0.969. The first kappa shape index (κ1) is 14.5. The van der Waals surface area contributed by atoms with Gasteiger partial charge in [-0.2, -0.15) is 0 Å². The Hall–Kier alpha value is -1.92. The zero-order chi connectivity index (χ0) is 14.5. The number of hydrogen-bond donors (Lipinski definition) is 3. The Morgan fingerprint density at radius 1 is 1.35 bits per heavy atom. The highest BCUT2D eigenvalue weighted by molar-refractivity contribution is 5.82. The summed E-state index contributed by atoms with van der Waals surface area (Å²) in [6, 6.07) is 8.50. The van der Waals surface area contributed by atoms with Crippen LogP contribution in [0, 0.1) is 5.92 Å². The number of nitrogens with one attached hydrogen (secondary N) is 1. The van der Waals surface area contributed by atoms with E-state index in [1.165, 1.54) is 0 Å². The minimum absolute atomic E-state index is 0.0431. The predicted octanol–water partition coefficient (Wildman–Crippen LogP) is -0.0553. The van der Waals surface area contributed by atoms with Crippen molar-refractivity contribution in [3.63, 3.8) is 0 Å². The van der Waals surface area contributed by atoms with E-state index in [1.807, 2.05) is 6.07 Å². The predicted molar refractivity (Wildman–Crippen MR) is 72.1 cm³/mol. The lowest BCUT2D eigenvalue weighted by Gasteiger charge is -2.17. The number of aliphatic carboxylic acids is 1. The summed E-state index contributed by atoms with van der Waals surface area (Å²) in [7, 11) is 0. The van der Waals surface area contributed by atoms with Gasteiger partial charge in [0.15, 0.2) is 0 Å². The molecule has 1 aromatic rings. The van der Waals surface area contributed by atoms with Crippen LogP contribution < -0.4 is 11.1 Å². The molecule has 0 spiro atoms. The third-order valence-corrected chi connectivity index (χ3v) is 3.44. The van der Waals surface area contributed by atoms with E-state index in [2.05, 4.69) is 5.32 Å². The van der Waals surface area contributed by atoms with Gasteiger partial charge in [-0.05, 0) is 5.56 Å². The van der Waals surface area contributed by atoms with Gasteiger partial charge >= 0.3 is 5.97 Å². The second-order valence-corrected chi connectivity index (χ2v) is 4.85. The Balaban J connectivity index is 1.96. The van der Waals surface area contributed by atoms with E-state index < -0.39 is 17.8 Å². The summed E-state index contributed by atoms with van der Waals surface area (Å²) in [6.07, 6.45) is 0. The van der Waals surface area contributed by atoms with E-state index in [-0.39, 0.29) is 25.1 Å². The van der Waals surface area contributed by atoms with E-state index in [0.717, 1.165) is 0 Å². The zero-order valence-corrected chi connectivity index (χ0v) is 11.0. The van der Waals surface area contributed by atoms with Gasteiger partial charge in [-0.25, -0.2) is 0 Å². The summed E-state index contributed by atoms with van der Waals surface area (Å²) in [5, 5.41) is 11.9. The third-order valence-electron chi connectivity index (χ3n) is 3.44. The van der Waals surface area contributed by atoms with Crippen LogP contribution in [0.1, 0.15) is 11.5 Å².